The Bertz CT molecular complexity index is 394. The summed E-state index contributed by atoms with van der Waals surface area (Å²) in [5.74, 6) is 0.689. The van der Waals surface area contributed by atoms with Crippen molar-refractivity contribution in [3.63, 3.8) is 0 Å². The van der Waals surface area contributed by atoms with Crippen LogP contribution in [-0.2, 0) is 6.61 Å². The largest absolute Gasteiger partial charge is 0.392 e. The van der Waals surface area contributed by atoms with Crippen LogP contribution < -0.4 is 4.90 Å². The van der Waals surface area contributed by atoms with Crippen LogP contribution >= 0.6 is 11.6 Å². The van der Waals surface area contributed by atoms with Crippen LogP contribution in [0.1, 0.15) is 32.3 Å². The highest BCUT2D eigenvalue weighted by Gasteiger charge is 2.26. The molecule has 0 aliphatic carbocycles. The number of rotatable bonds is 2. The summed E-state index contributed by atoms with van der Waals surface area (Å²) in [7, 11) is 0. The van der Waals surface area contributed by atoms with Gasteiger partial charge in [-0.15, -0.1) is 0 Å². The minimum atomic E-state index is 0.0735. The van der Waals surface area contributed by atoms with E-state index in [1.165, 1.54) is 12.8 Å². The van der Waals surface area contributed by atoms with Crippen molar-refractivity contribution < 1.29 is 5.11 Å². The van der Waals surface area contributed by atoms with Crippen molar-refractivity contribution in [2.45, 2.75) is 39.3 Å². The van der Waals surface area contributed by atoms with Crippen LogP contribution in [0.2, 0.25) is 5.02 Å². The van der Waals surface area contributed by atoms with Crippen LogP contribution in [-0.4, -0.2) is 17.7 Å². The predicted octanol–water partition coefficient (Wildman–Crippen LogP) is 3.46. The first-order valence-electron chi connectivity index (χ1n) is 6.29. The average molecular weight is 254 g/mol. The third-order valence-corrected chi connectivity index (χ3v) is 4.14. The lowest BCUT2D eigenvalue weighted by Gasteiger charge is -2.40. The predicted molar refractivity (Wildman–Crippen MR) is 72.6 cm³/mol. The maximum atomic E-state index is 9.42. The fourth-order valence-electron chi connectivity index (χ4n) is 2.61. The Morgan fingerprint density at radius 1 is 1.41 bits per heavy atom. The Balaban J connectivity index is 2.34. The van der Waals surface area contributed by atoms with Crippen molar-refractivity contribution in [3.05, 3.63) is 28.8 Å². The number of anilines is 1. The topological polar surface area (TPSA) is 23.5 Å². The lowest BCUT2D eigenvalue weighted by Crippen LogP contribution is -2.42. The second-order valence-electron chi connectivity index (χ2n) is 4.98. The van der Waals surface area contributed by atoms with E-state index >= 15 is 0 Å². The molecule has 1 aromatic carbocycles. The zero-order valence-corrected chi connectivity index (χ0v) is 11.2. The van der Waals surface area contributed by atoms with Gasteiger partial charge >= 0.3 is 0 Å². The molecule has 0 spiro atoms. The molecule has 1 aromatic rings. The zero-order chi connectivity index (χ0) is 12.4. The lowest BCUT2D eigenvalue weighted by atomic mass is 9.91. The molecule has 2 nitrogen and oxygen atoms in total. The summed E-state index contributed by atoms with van der Waals surface area (Å²) in [6.07, 6.45) is 2.50. The molecule has 2 rings (SSSR count). The minimum absolute atomic E-state index is 0.0735. The fourth-order valence-corrected chi connectivity index (χ4v) is 2.78. The first-order valence-corrected chi connectivity index (χ1v) is 6.67. The van der Waals surface area contributed by atoms with Crippen molar-refractivity contribution in [2.24, 2.45) is 5.92 Å². The van der Waals surface area contributed by atoms with Crippen LogP contribution in [0.5, 0.6) is 0 Å². The molecule has 1 N–H and O–H groups in total. The molecule has 1 saturated heterocycles. The van der Waals surface area contributed by atoms with Crippen LogP contribution in [0, 0.1) is 5.92 Å². The standard InChI is InChI=1S/C14H20ClNO/c1-10-4-3-7-16(11(10)2)14-8-13(15)6-5-12(14)9-17/h5-6,8,10-11,17H,3-4,7,9H2,1-2H3. The van der Waals surface area contributed by atoms with Gasteiger partial charge in [0.05, 0.1) is 6.61 Å². The van der Waals surface area contributed by atoms with E-state index in [-0.39, 0.29) is 6.61 Å². The van der Waals surface area contributed by atoms with Gasteiger partial charge in [-0.3, -0.25) is 0 Å². The molecule has 1 aliphatic rings. The monoisotopic (exact) mass is 253 g/mol. The van der Waals surface area contributed by atoms with Gasteiger partial charge in [0.2, 0.25) is 0 Å². The average Bonchev–Trinajstić information content (AvgIpc) is 2.33. The Morgan fingerprint density at radius 3 is 2.88 bits per heavy atom. The summed E-state index contributed by atoms with van der Waals surface area (Å²) >= 11 is 6.07. The van der Waals surface area contributed by atoms with E-state index in [0.717, 1.165) is 22.8 Å². The summed E-state index contributed by atoms with van der Waals surface area (Å²) in [4.78, 5) is 2.38. The van der Waals surface area contributed by atoms with E-state index in [2.05, 4.69) is 18.7 Å². The van der Waals surface area contributed by atoms with Crippen molar-refractivity contribution in [2.75, 3.05) is 11.4 Å². The molecule has 1 heterocycles. The highest BCUT2D eigenvalue weighted by Crippen LogP contribution is 2.32. The molecule has 0 amide bonds. The van der Waals surface area contributed by atoms with Crippen LogP contribution in [0.3, 0.4) is 0 Å². The Kier molecular flexibility index (Phi) is 3.95. The summed E-state index contributed by atoms with van der Waals surface area (Å²) in [6.45, 7) is 5.68. The number of nitrogens with zero attached hydrogens (tertiary/aromatic N) is 1. The third kappa shape index (κ3) is 2.58. The molecule has 2 unspecified atom stereocenters. The lowest BCUT2D eigenvalue weighted by molar-refractivity contribution is 0.280. The Morgan fingerprint density at radius 2 is 2.18 bits per heavy atom. The normalized spacial score (nSPS) is 25.1. The summed E-state index contributed by atoms with van der Waals surface area (Å²) in [5.41, 5.74) is 2.06. The van der Waals surface area contributed by atoms with E-state index in [1.807, 2.05) is 18.2 Å². The zero-order valence-electron chi connectivity index (χ0n) is 10.5. The molecule has 0 aromatic heterocycles. The first kappa shape index (κ1) is 12.7. The molecule has 3 heteroatoms. The minimum Gasteiger partial charge on any atom is -0.392 e. The Labute approximate surface area is 108 Å². The molecule has 0 radical (unpaired) electrons. The molecule has 0 bridgehead atoms. The van der Waals surface area contributed by atoms with Crippen molar-refractivity contribution in [1.29, 1.82) is 0 Å². The number of halogens is 1. The van der Waals surface area contributed by atoms with Crippen LogP contribution in [0.25, 0.3) is 0 Å². The number of benzene rings is 1. The molecular weight excluding hydrogens is 234 g/mol. The van der Waals surface area contributed by atoms with E-state index in [1.54, 1.807) is 0 Å². The van der Waals surface area contributed by atoms with Gasteiger partial charge in [0, 0.05) is 28.9 Å². The maximum Gasteiger partial charge on any atom is 0.0702 e. The smallest absolute Gasteiger partial charge is 0.0702 e. The quantitative estimate of drug-likeness (QED) is 0.873. The third-order valence-electron chi connectivity index (χ3n) is 3.90. The maximum absolute atomic E-state index is 9.42. The van der Waals surface area contributed by atoms with E-state index < -0.39 is 0 Å². The van der Waals surface area contributed by atoms with Gasteiger partial charge in [0.25, 0.3) is 0 Å². The van der Waals surface area contributed by atoms with Gasteiger partial charge in [-0.2, -0.15) is 0 Å². The highest BCUT2D eigenvalue weighted by atomic mass is 35.5. The van der Waals surface area contributed by atoms with Gasteiger partial charge in [-0.25, -0.2) is 0 Å². The van der Waals surface area contributed by atoms with E-state index in [4.69, 9.17) is 11.6 Å². The number of aliphatic hydroxyl groups is 1. The molecule has 17 heavy (non-hydrogen) atoms. The van der Waals surface area contributed by atoms with Crippen LogP contribution in [0.4, 0.5) is 5.69 Å². The molecular formula is C14H20ClNO. The second-order valence-corrected chi connectivity index (χ2v) is 5.42. The highest BCUT2D eigenvalue weighted by molar-refractivity contribution is 6.30. The molecule has 1 fully saturated rings. The number of hydrogen-bond acceptors (Lipinski definition) is 2. The Hall–Kier alpha value is -0.730. The summed E-state index contributed by atoms with van der Waals surface area (Å²) in [6, 6.07) is 6.24. The van der Waals surface area contributed by atoms with Gasteiger partial charge in [-0.05, 0) is 37.8 Å². The van der Waals surface area contributed by atoms with Crippen molar-refractivity contribution >= 4 is 17.3 Å². The summed E-state index contributed by atoms with van der Waals surface area (Å²) in [5, 5.41) is 10.2. The van der Waals surface area contributed by atoms with Gasteiger partial charge < -0.3 is 10.0 Å². The van der Waals surface area contributed by atoms with Crippen molar-refractivity contribution in [3.8, 4) is 0 Å². The molecule has 0 saturated carbocycles. The van der Waals surface area contributed by atoms with Gasteiger partial charge in [-0.1, -0.05) is 24.6 Å². The number of piperidine rings is 1. The van der Waals surface area contributed by atoms with Gasteiger partial charge in [0.15, 0.2) is 0 Å². The number of aliphatic hydroxyl groups excluding tert-OH is 1. The first-order chi connectivity index (χ1) is 8.13. The fraction of sp³-hybridized carbons (Fsp3) is 0.571. The molecule has 94 valence electrons. The SMILES string of the molecule is CC1CCCN(c2cc(Cl)ccc2CO)C1C. The second kappa shape index (κ2) is 5.28. The van der Waals surface area contributed by atoms with Crippen LogP contribution in [0.15, 0.2) is 18.2 Å². The van der Waals surface area contributed by atoms with Gasteiger partial charge in [0.1, 0.15) is 0 Å². The number of hydrogen-bond donors (Lipinski definition) is 1. The van der Waals surface area contributed by atoms with E-state index in [9.17, 15) is 5.11 Å². The van der Waals surface area contributed by atoms with E-state index in [0.29, 0.717) is 12.0 Å². The van der Waals surface area contributed by atoms with Crippen molar-refractivity contribution in [1.82, 2.24) is 0 Å². The molecule has 1 aliphatic heterocycles. The molecule has 2 atom stereocenters. The summed E-state index contributed by atoms with van der Waals surface area (Å²) < 4.78 is 0.